The highest BCUT2D eigenvalue weighted by Crippen LogP contribution is 2.48. The Morgan fingerprint density at radius 3 is 2.50 bits per heavy atom. The normalized spacial score (nSPS) is 20.8. The van der Waals surface area contributed by atoms with E-state index in [0.717, 1.165) is 30.9 Å². The molecule has 0 bridgehead atoms. The minimum atomic E-state index is 0.451. The third kappa shape index (κ3) is 3.87. The predicted molar refractivity (Wildman–Crippen MR) is 61.9 cm³/mol. The molecule has 1 saturated carbocycles. The van der Waals surface area contributed by atoms with Crippen LogP contribution in [0.1, 0.15) is 26.2 Å². The molecule has 0 aromatic carbocycles. The van der Waals surface area contributed by atoms with Crippen molar-refractivity contribution in [2.75, 3.05) is 32.3 Å². The Labute approximate surface area is 95.5 Å². The van der Waals surface area contributed by atoms with Crippen LogP contribution in [-0.4, -0.2) is 32.3 Å². The number of methoxy groups -OCH3 is 1. The van der Waals surface area contributed by atoms with Gasteiger partial charge in [0.2, 0.25) is 0 Å². The summed E-state index contributed by atoms with van der Waals surface area (Å²) in [5.41, 5.74) is 0.451. The predicted octanol–water partition coefficient (Wildman–Crippen LogP) is 2.85. The molecule has 0 aliphatic heterocycles. The SMILES string of the molecule is COCCOCCC(C)(CBr)C1CC1. The molecule has 0 N–H and O–H groups in total. The lowest BCUT2D eigenvalue weighted by Gasteiger charge is -2.27. The highest BCUT2D eigenvalue weighted by molar-refractivity contribution is 9.09. The first-order valence-electron chi connectivity index (χ1n) is 5.35. The molecule has 0 aromatic heterocycles. The van der Waals surface area contributed by atoms with Crippen molar-refractivity contribution < 1.29 is 9.47 Å². The molecule has 0 heterocycles. The molecule has 0 saturated heterocycles. The Bertz CT molecular complexity index is 159. The Morgan fingerprint density at radius 1 is 1.29 bits per heavy atom. The molecule has 14 heavy (non-hydrogen) atoms. The fraction of sp³-hybridized carbons (Fsp3) is 1.00. The van der Waals surface area contributed by atoms with E-state index < -0.39 is 0 Å². The van der Waals surface area contributed by atoms with Crippen LogP contribution >= 0.6 is 15.9 Å². The van der Waals surface area contributed by atoms with E-state index in [1.807, 2.05) is 0 Å². The van der Waals surface area contributed by atoms with Crippen molar-refractivity contribution >= 4 is 15.9 Å². The van der Waals surface area contributed by atoms with Crippen LogP contribution in [0.2, 0.25) is 0 Å². The second kappa shape index (κ2) is 6.09. The van der Waals surface area contributed by atoms with Crippen molar-refractivity contribution in [3.8, 4) is 0 Å². The molecule has 3 heteroatoms. The smallest absolute Gasteiger partial charge is 0.0700 e. The molecular formula is C11H21BrO2. The number of rotatable bonds is 8. The molecule has 1 unspecified atom stereocenters. The molecule has 0 aromatic rings. The molecule has 0 spiro atoms. The van der Waals surface area contributed by atoms with Gasteiger partial charge in [0.1, 0.15) is 0 Å². The van der Waals surface area contributed by atoms with Gasteiger partial charge >= 0.3 is 0 Å². The van der Waals surface area contributed by atoms with Gasteiger partial charge in [-0.1, -0.05) is 22.9 Å². The summed E-state index contributed by atoms with van der Waals surface area (Å²) in [6.07, 6.45) is 3.97. The Kier molecular flexibility index (Phi) is 5.42. The number of alkyl halides is 1. The number of hydrogen-bond donors (Lipinski definition) is 0. The second-order valence-electron chi connectivity index (χ2n) is 4.42. The summed E-state index contributed by atoms with van der Waals surface area (Å²) < 4.78 is 10.4. The highest BCUT2D eigenvalue weighted by Gasteiger charge is 2.40. The van der Waals surface area contributed by atoms with Gasteiger partial charge in [0.15, 0.2) is 0 Å². The van der Waals surface area contributed by atoms with Gasteiger partial charge in [-0.05, 0) is 30.6 Å². The van der Waals surface area contributed by atoms with Gasteiger partial charge in [-0.15, -0.1) is 0 Å². The summed E-state index contributed by atoms with van der Waals surface area (Å²) >= 11 is 3.62. The molecule has 1 aliphatic rings. The summed E-state index contributed by atoms with van der Waals surface area (Å²) in [6, 6.07) is 0. The lowest BCUT2D eigenvalue weighted by atomic mass is 9.84. The largest absolute Gasteiger partial charge is 0.382 e. The maximum Gasteiger partial charge on any atom is 0.0700 e. The van der Waals surface area contributed by atoms with Crippen LogP contribution in [0, 0.1) is 11.3 Å². The van der Waals surface area contributed by atoms with E-state index >= 15 is 0 Å². The minimum absolute atomic E-state index is 0.451. The lowest BCUT2D eigenvalue weighted by Crippen LogP contribution is -2.23. The first-order valence-corrected chi connectivity index (χ1v) is 6.48. The van der Waals surface area contributed by atoms with E-state index in [1.54, 1.807) is 7.11 Å². The van der Waals surface area contributed by atoms with Gasteiger partial charge in [0.25, 0.3) is 0 Å². The van der Waals surface area contributed by atoms with Crippen molar-refractivity contribution in [3.05, 3.63) is 0 Å². The fourth-order valence-electron chi connectivity index (χ4n) is 1.71. The topological polar surface area (TPSA) is 18.5 Å². The van der Waals surface area contributed by atoms with E-state index in [-0.39, 0.29) is 0 Å². The molecule has 84 valence electrons. The first kappa shape index (κ1) is 12.5. The average molecular weight is 265 g/mol. The third-order valence-electron chi connectivity index (χ3n) is 3.12. The lowest BCUT2D eigenvalue weighted by molar-refractivity contribution is 0.0537. The Hall–Kier alpha value is 0.400. The van der Waals surface area contributed by atoms with Gasteiger partial charge in [0, 0.05) is 19.0 Å². The highest BCUT2D eigenvalue weighted by atomic mass is 79.9. The maximum absolute atomic E-state index is 5.50. The van der Waals surface area contributed by atoms with E-state index in [1.165, 1.54) is 12.8 Å². The zero-order valence-electron chi connectivity index (χ0n) is 9.22. The fourth-order valence-corrected chi connectivity index (χ4v) is 2.45. The first-order chi connectivity index (χ1) is 6.73. The summed E-state index contributed by atoms with van der Waals surface area (Å²) in [6.45, 7) is 4.65. The summed E-state index contributed by atoms with van der Waals surface area (Å²) in [5.74, 6) is 0.924. The van der Waals surface area contributed by atoms with Crippen LogP contribution in [0.15, 0.2) is 0 Å². The van der Waals surface area contributed by atoms with Crippen LogP contribution in [0.3, 0.4) is 0 Å². The Morgan fingerprint density at radius 2 is 2.00 bits per heavy atom. The second-order valence-corrected chi connectivity index (χ2v) is 4.98. The van der Waals surface area contributed by atoms with Crippen molar-refractivity contribution in [1.82, 2.24) is 0 Å². The molecule has 1 fully saturated rings. The standard InChI is InChI=1S/C11H21BrO2/c1-11(9-12,10-3-4-10)5-6-14-8-7-13-2/h10H,3-9H2,1-2H3. The molecule has 1 aliphatic carbocycles. The van der Waals surface area contributed by atoms with Crippen LogP contribution in [-0.2, 0) is 9.47 Å². The van der Waals surface area contributed by atoms with Crippen molar-refractivity contribution in [2.45, 2.75) is 26.2 Å². The number of halogens is 1. The van der Waals surface area contributed by atoms with Gasteiger partial charge in [-0.3, -0.25) is 0 Å². The van der Waals surface area contributed by atoms with Gasteiger partial charge in [-0.25, -0.2) is 0 Å². The molecule has 2 nitrogen and oxygen atoms in total. The summed E-state index contributed by atoms with van der Waals surface area (Å²) in [5, 5.41) is 1.10. The van der Waals surface area contributed by atoms with E-state index in [4.69, 9.17) is 9.47 Å². The van der Waals surface area contributed by atoms with Crippen LogP contribution in [0.25, 0.3) is 0 Å². The quantitative estimate of drug-likeness (QED) is 0.496. The van der Waals surface area contributed by atoms with E-state index in [0.29, 0.717) is 12.0 Å². The third-order valence-corrected chi connectivity index (χ3v) is 4.40. The number of ether oxygens (including phenoxy) is 2. The molecule has 0 radical (unpaired) electrons. The summed E-state index contributed by atoms with van der Waals surface area (Å²) in [7, 11) is 1.70. The van der Waals surface area contributed by atoms with Crippen LogP contribution in [0.4, 0.5) is 0 Å². The maximum atomic E-state index is 5.50. The Balaban J connectivity index is 2.08. The van der Waals surface area contributed by atoms with Gasteiger partial charge in [-0.2, -0.15) is 0 Å². The minimum Gasteiger partial charge on any atom is -0.382 e. The van der Waals surface area contributed by atoms with E-state index in [2.05, 4.69) is 22.9 Å². The van der Waals surface area contributed by atoms with Crippen molar-refractivity contribution in [3.63, 3.8) is 0 Å². The van der Waals surface area contributed by atoms with E-state index in [9.17, 15) is 0 Å². The van der Waals surface area contributed by atoms with Gasteiger partial charge in [0.05, 0.1) is 13.2 Å². The van der Waals surface area contributed by atoms with Crippen LogP contribution < -0.4 is 0 Å². The monoisotopic (exact) mass is 264 g/mol. The van der Waals surface area contributed by atoms with Gasteiger partial charge < -0.3 is 9.47 Å². The zero-order valence-corrected chi connectivity index (χ0v) is 10.8. The molecule has 1 atom stereocenters. The summed E-state index contributed by atoms with van der Waals surface area (Å²) in [4.78, 5) is 0. The van der Waals surface area contributed by atoms with Crippen LogP contribution in [0.5, 0.6) is 0 Å². The molecule has 0 amide bonds. The average Bonchev–Trinajstić information content (AvgIpc) is 3.01. The molecular weight excluding hydrogens is 244 g/mol. The van der Waals surface area contributed by atoms with Crippen molar-refractivity contribution in [2.24, 2.45) is 11.3 Å². The molecule has 1 rings (SSSR count). The number of hydrogen-bond acceptors (Lipinski definition) is 2. The van der Waals surface area contributed by atoms with Crippen molar-refractivity contribution in [1.29, 1.82) is 0 Å². The zero-order chi connectivity index (χ0) is 10.4.